The normalized spacial score (nSPS) is 15.1. The highest BCUT2D eigenvalue weighted by Gasteiger charge is 2.18. The van der Waals surface area contributed by atoms with Crippen molar-refractivity contribution < 1.29 is 4.74 Å². The highest BCUT2D eigenvalue weighted by molar-refractivity contribution is 5.42. The highest BCUT2D eigenvalue weighted by atomic mass is 16.5. The van der Waals surface area contributed by atoms with E-state index in [1.54, 1.807) is 0 Å². The van der Waals surface area contributed by atoms with Gasteiger partial charge in [0.25, 0.3) is 0 Å². The van der Waals surface area contributed by atoms with E-state index >= 15 is 0 Å². The van der Waals surface area contributed by atoms with Gasteiger partial charge in [-0.2, -0.15) is 5.10 Å². The fourth-order valence-corrected chi connectivity index (χ4v) is 2.58. The van der Waals surface area contributed by atoms with Gasteiger partial charge in [-0.1, -0.05) is 19.1 Å². The Morgan fingerprint density at radius 2 is 2.26 bits per heavy atom. The molecule has 1 aliphatic rings. The molecule has 4 nitrogen and oxygen atoms in total. The molecule has 2 N–H and O–H groups in total. The zero-order chi connectivity index (χ0) is 13.4. The number of aromatic nitrogens is 2. The fourth-order valence-electron chi connectivity index (χ4n) is 2.58. The molecule has 1 aliphatic heterocycles. The van der Waals surface area contributed by atoms with Crippen molar-refractivity contribution in [2.24, 2.45) is 12.8 Å². The Labute approximate surface area is 113 Å². The Balaban J connectivity index is 1.94. The molecule has 2 aromatic rings. The minimum Gasteiger partial charge on any atom is -0.493 e. The summed E-state index contributed by atoms with van der Waals surface area (Å²) in [5, 5.41) is 4.46. The quantitative estimate of drug-likeness (QED) is 0.914. The van der Waals surface area contributed by atoms with Gasteiger partial charge in [0, 0.05) is 13.5 Å². The molecule has 4 heteroatoms. The van der Waals surface area contributed by atoms with E-state index in [1.165, 1.54) is 5.56 Å². The van der Waals surface area contributed by atoms with Crippen LogP contribution < -0.4 is 10.5 Å². The second kappa shape index (κ2) is 4.70. The molecule has 19 heavy (non-hydrogen) atoms. The fraction of sp³-hybridized carbons (Fsp3) is 0.400. The summed E-state index contributed by atoms with van der Waals surface area (Å²) in [7, 11) is 1.95. The van der Waals surface area contributed by atoms with Crippen molar-refractivity contribution in [3.63, 3.8) is 0 Å². The van der Waals surface area contributed by atoms with Crippen LogP contribution in [0, 0.1) is 0 Å². The van der Waals surface area contributed by atoms with Crippen LogP contribution in [0.3, 0.4) is 0 Å². The van der Waals surface area contributed by atoms with E-state index < -0.39 is 0 Å². The summed E-state index contributed by atoms with van der Waals surface area (Å²) in [6.07, 6.45) is 1.90. The lowest BCUT2D eigenvalue weighted by Crippen LogP contribution is -2.16. The maximum absolute atomic E-state index is 6.38. The van der Waals surface area contributed by atoms with E-state index in [2.05, 4.69) is 24.2 Å². The van der Waals surface area contributed by atoms with Crippen molar-refractivity contribution in [3.05, 3.63) is 46.8 Å². The van der Waals surface area contributed by atoms with Gasteiger partial charge < -0.3 is 10.5 Å². The van der Waals surface area contributed by atoms with E-state index in [4.69, 9.17) is 10.5 Å². The lowest BCUT2D eigenvalue weighted by molar-refractivity contribution is 0.357. The molecule has 1 aromatic carbocycles. The molecule has 0 spiro atoms. The van der Waals surface area contributed by atoms with Gasteiger partial charge in [0.1, 0.15) is 5.75 Å². The van der Waals surface area contributed by atoms with Crippen molar-refractivity contribution >= 4 is 0 Å². The van der Waals surface area contributed by atoms with Gasteiger partial charge in [-0.15, -0.1) is 0 Å². The largest absolute Gasteiger partial charge is 0.493 e. The Bertz CT molecular complexity index is 603. The average Bonchev–Trinajstić information content (AvgIpc) is 3.02. The first-order chi connectivity index (χ1) is 9.19. The van der Waals surface area contributed by atoms with Crippen molar-refractivity contribution in [2.45, 2.75) is 25.8 Å². The summed E-state index contributed by atoms with van der Waals surface area (Å²) in [6, 6.07) is 8.19. The predicted molar refractivity (Wildman–Crippen MR) is 74.3 cm³/mol. The monoisotopic (exact) mass is 257 g/mol. The van der Waals surface area contributed by atoms with Crippen molar-refractivity contribution in [1.29, 1.82) is 0 Å². The summed E-state index contributed by atoms with van der Waals surface area (Å²) in [4.78, 5) is 0. The molecule has 0 radical (unpaired) electrons. The average molecular weight is 257 g/mol. The lowest BCUT2D eigenvalue weighted by Gasteiger charge is -2.13. The Kier molecular flexibility index (Phi) is 3.03. The second-order valence-corrected chi connectivity index (χ2v) is 4.98. The van der Waals surface area contributed by atoms with E-state index in [0.29, 0.717) is 0 Å². The van der Waals surface area contributed by atoms with Crippen molar-refractivity contribution in [2.75, 3.05) is 6.61 Å². The SMILES string of the molecule is CCc1cc(C(N)c2ccc3c(c2)CCO3)n(C)n1. The molecule has 1 atom stereocenters. The number of rotatable bonds is 3. The standard InChI is InChI=1S/C15H19N3O/c1-3-12-9-13(18(2)17-12)15(16)11-4-5-14-10(8-11)6-7-19-14/h4-5,8-9,15H,3,6-7,16H2,1-2H3. The zero-order valence-electron chi connectivity index (χ0n) is 11.4. The molecule has 2 heterocycles. The number of hydrogen-bond donors (Lipinski definition) is 1. The summed E-state index contributed by atoms with van der Waals surface area (Å²) in [6.45, 7) is 2.88. The van der Waals surface area contributed by atoms with Crippen LogP contribution >= 0.6 is 0 Å². The van der Waals surface area contributed by atoms with Gasteiger partial charge in [0.05, 0.1) is 24.0 Å². The van der Waals surface area contributed by atoms with Gasteiger partial charge in [0.15, 0.2) is 0 Å². The van der Waals surface area contributed by atoms with Crippen molar-refractivity contribution in [1.82, 2.24) is 9.78 Å². The van der Waals surface area contributed by atoms with Crippen LogP contribution in [0.25, 0.3) is 0 Å². The Hall–Kier alpha value is -1.81. The first-order valence-electron chi connectivity index (χ1n) is 6.73. The van der Waals surface area contributed by atoms with Crippen LogP contribution in [0.15, 0.2) is 24.3 Å². The van der Waals surface area contributed by atoms with Gasteiger partial charge >= 0.3 is 0 Å². The minimum atomic E-state index is -0.135. The molecule has 0 saturated heterocycles. The van der Waals surface area contributed by atoms with Crippen LogP contribution in [0.4, 0.5) is 0 Å². The summed E-state index contributed by atoms with van der Waals surface area (Å²) in [5.74, 6) is 0.996. The maximum Gasteiger partial charge on any atom is 0.122 e. The summed E-state index contributed by atoms with van der Waals surface area (Å²) < 4.78 is 7.41. The topological polar surface area (TPSA) is 53.1 Å². The number of nitrogens with zero attached hydrogens (tertiary/aromatic N) is 2. The first kappa shape index (κ1) is 12.2. The minimum absolute atomic E-state index is 0.135. The van der Waals surface area contributed by atoms with Crippen LogP contribution in [0.2, 0.25) is 0 Å². The van der Waals surface area contributed by atoms with Gasteiger partial charge in [0.2, 0.25) is 0 Å². The number of aryl methyl sites for hydroxylation is 2. The molecule has 1 unspecified atom stereocenters. The third-order valence-corrected chi connectivity index (χ3v) is 3.72. The number of hydrogen-bond acceptors (Lipinski definition) is 3. The van der Waals surface area contributed by atoms with Gasteiger partial charge in [-0.25, -0.2) is 0 Å². The zero-order valence-corrected chi connectivity index (χ0v) is 11.4. The summed E-state index contributed by atoms with van der Waals surface area (Å²) in [5.41, 5.74) is 10.9. The third-order valence-electron chi connectivity index (χ3n) is 3.72. The predicted octanol–water partition coefficient (Wildman–Crippen LogP) is 1.97. The van der Waals surface area contributed by atoms with Crippen molar-refractivity contribution in [3.8, 4) is 5.75 Å². The molecule has 3 rings (SSSR count). The van der Waals surface area contributed by atoms with E-state index in [1.807, 2.05) is 23.9 Å². The molecule has 0 aliphatic carbocycles. The third kappa shape index (κ3) is 2.12. The van der Waals surface area contributed by atoms with E-state index in [-0.39, 0.29) is 6.04 Å². The van der Waals surface area contributed by atoms with Gasteiger partial charge in [-0.05, 0) is 29.7 Å². The molecule has 0 bridgehead atoms. The maximum atomic E-state index is 6.38. The number of nitrogens with two attached hydrogens (primary N) is 1. The Morgan fingerprint density at radius 3 is 3.00 bits per heavy atom. The molecule has 0 fully saturated rings. The number of ether oxygens (including phenoxy) is 1. The molecule has 0 amide bonds. The summed E-state index contributed by atoms with van der Waals surface area (Å²) >= 11 is 0. The molecular weight excluding hydrogens is 238 g/mol. The molecule has 100 valence electrons. The molecular formula is C15H19N3O. The smallest absolute Gasteiger partial charge is 0.122 e. The van der Waals surface area contributed by atoms with Crippen LogP contribution in [-0.4, -0.2) is 16.4 Å². The number of benzene rings is 1. The van der Waals surface area contributed by atoms with E-state index in [0.717, 1.165) is 42.1 Å². The first-order valence-corrected chi connectivity index (χ1v) is 6.73. The van der Waals surface area contributed by atoms with Crippen LogP contribution in [0.5, 0.6) is 5.75 Å². The Morgan fingerprint density at radius 1 is 1.42 bits per heavy atom. The van der Waals surface area contributed by atoms with Gasteiger partial charge in [-0.3, -0.25) is 4.68 Å². The molecule has 1 aromatic heterocycles. The molecule has 0 saturated carbocycles. The van der Waals surface area contributed by atoms with E-state index in [9.17, 15) is 0 Å². The number of fused-ring (bicyclic) bond motifs is 1. The van der Waals surface area contributed by atoms with Crippen LogP contribution in [0.1, 0.15) is 35.5 Å². The lowest BCUT2D eigenvalue weighted by atomic mass is 10.0. The van der Waals surface area contributed by atoms with Crippen LogP contribution in [-0.2, 0) is 19.9 Å². The highest BCUT2D eigenvalue weighted by Crippen LogP contribution is 2.29. The second-order valence-electron chi connectivity index (χ2n) is 4.98.